The van der Waals surface area contributed by atoms with E-state index in [4.69, 9.17) is 4.74 Å². The van der Waals surface area contributed by atoms with Gasteiger partial charge in [-0.2, -0.15) is 0 Å². The van der Waals surface area contributed by atoms with Crippen molar-refractivity contribution in [3.05, 3.63) is 54.1 Å². The van der Waals surface area contributed by atoms with Crippen molar-refractivity contribution >= 4 is 27.5 Å². The van der Waals surface area contributed by atoms with Crippen LogP contribution < -0.4 is 9.64 Å². The van der Waals surface area contributed by atoms with Crippen LogP contribution in [0.1, 0.15) is 18.4 Å². The van der Waals surface area contributed by atoms with E-state index in [1.54, 1.807) is 24.1 Å². The fourth-order valence-corrected chi connectivity index (χ4v) is 5.80. The van der Waals surface area contributed by atoms with Gasteiger partial charge in [-0.25, -0.2) is 12.7 Å². The summed E-state index contributed by atoms with van der Waals surface area (Å²) in [4.78, 5) is 29.6. The molecule has 2 aromatic carbocycles. The van der Waals surface area contributed by atoms with Gasteiger partial charge in [0.25, 0.3) is 10.0 Å². The van der Waals surface area contributed by atoms with Crippen LogP contribution in [-0.2, 0) is 19.6 Å². The summed E-state index contributed by atoms with van der Waals surface area (Å²) in [6, 6.07) is 13.1. The Labute approximate surface area is 188 Å². The van der Waals surface area contributed by atoms with Gasteiger partial charge < -0.3 is 14.5 Å². The minimum atomic E-state index is -4.08. The van der Waals surface area contributed by atoms with E-state index in [0.29, 0.717) is 26.2 Å². The number of carbonyl (C=O) groups is 2. The molecule has 2 amide bonds. The minimum absolute atomic E-state index is 0.0282. The van der Waals surface area contributed by atoms with Crippen LogP contribution in [0.5, 0.6) is 5.75 Å². The van der Waals surface area contributed by atoms with Crippen LogP contribution in [0, 0.1) is 6.92 Å². The van der Waals surface area contributed by atoms with Crippen LogP contribution in [0.2, 0.25) is 0 Å². The van der Waals surface area contributed by atoms with Gasteiger partial charge >= 0.3 is 0 Å². The van der Waals surface area contributed by atoms with E-state index >= 15 is 0 Å². The number of sulfonamides is 1. The van der Waals surface area contributed by atoms with Gasteiger partial charge in [0.05, 0.1) is 12.0 Å². The average molecular weight is 458 g/mol. The van der Waals surface area contributed by atoms with Crippen LogP contribution in [0.3, 0.4) is 0 Å². The zero-order chi connectivity index (χ0) is 22.9. The summed E-state index contributed by atoms with van der Waals surface area (Å²) >= 11 is 0. The molecule has 0 aromatic heterocycles. The van der Waals surface area contributed by atoms with Crippen LogP contribution in [-0.4, -0.2) is 68.8 Å². The molecule has 2 heterocycles. The zero-order valence-electron chi connectivity index (χ0n) is 18.2. The molecule has 1 unspecified atom stereocenters. The number of ether oxygens (including phenoxy) is 1. The maximum absolute atomic E-state index is 13.2. The fraction of sp³-hybridized carbons (Fsp3) is 0.391. The number of amides is 2. The summed E-state index contributed by atoms with van der Waals surface area (Å²) in [5.74, 6) is -0.0509. The van der Waals surface area contributed by atoms with Crippen molar-refractivity contribution in [3.8, 4) is 5.75 Å². The highest BCUT2D eigenvalue weighted by Crippen LogP contribution is 2.29. The lowest BCUT2D eigenvalue weighted by Crippen LogP contribution is -2.55. The van der Waals surface area contributed by atoms with Crippen LogP contribution in [0.25, 0.3) is 0 Å². The Morgan fingerprint density at radius 2 is 1.59 bits per heavy atom. The first kappa shape index (κ1) is 22.1. The molecule has 0 N–H and O–H groups in total. The largest absolute Gasteiger partial charge is 0.497 e. The molecule has 9 heteroatoms. The monoisotopic (exact) mass is 457 g/mol. The quantitative estimate of drug-likeness (QED) is 0.683. The van der Waals surface area contributed by atoms with Crippen molar-refractivity contribution < 1.29 is 22.7 Å². The molecule has 2 fully saturated rings. The SMILES string of the molecule is COc1ccc(N2CCN(C(=O)C3CCC(=O)N3S(=O)(=O)c3ccc(C)cc3)CC2)cc1. The molecular formula is C23H27N3O5S. The molecule has 0 spiro atoms. The molecular weight excluding hydrogens is 430 g/mol. The van der Waals surface area contributed by atoms with E-state index in [2.05, 4.69) is 4.90 Å². The predicted octanol–water partition coefficient (Wildman–Crippen LogP) is 2.03. The highest BCUT2D eigenvalue weighted by atomic mass is 32.2. The van der Waals surface area contributed by atoms with Crippen molar-refractivity contribution in [1.82, 2.24) is 9.21 Å². The molecule has 4 rings (SSSR count). The third-order valence-electron chi connectivity index (χ3n) is 6.05. The number of rotatable bonds is 5. The minimum Gasteiger partial charge on any atom is -0.497 e. The Hall–Kier alpha value is -3.07. The number of benzene rings is 2. The molecule has 0 aliphatic carbocycles. The van der Waals surface area contributed by atoms with E-state index in [-0.39, 0.29) is 23.6 Å². The van der Waals surface area contributed by atoms with E-state index < -0.39 is 22.0 Å². The molecule has 0 radical (unpaired) electrons. The summed E-state index contributed by atoms with van der Waals surface area (Å²) in [6.45, 7) is 4.05. The van der Waals surface area contributed by atoms with E-state index in [1.165, 1.54) is 12.1 Å². The molecule has 1 atom stereocenters. The average Bonchev–Trinajstić information content (AvgIpc) is 3.21. The normalized spacial score (nSPS) is 19.4. The molecule has 2 aromatic rings. The number of hydrogen-bond acceptors (Lipinski definition) is 6. The van der Waals surface area contributed by atoms with Gasteiger partial charge in [0.2, 0.25) is 11.8 Å². The standard InChI is InChI=1S/C23H27N3O5S/c1-17-3-9-20(10-4-17)32(29,30)26-21(11-12-22(26)27)23(28)25-15-13-24(14-16-25)18-5-7-19(31-2)8-6-18/h3-10,21H,11-16H2,1-2H3. The summed E-state index contributed by atoms with van der Waals surface area (Å²) in [5.41, 5.74) is 1.96. The second kappa shape index (κ2) is 8.82. The topological polar surface area (TPSA) is 87.2 Å². The number of nitrogens with zero attached hydrogens (tertiary/aromatic N) is 3. The Balaban J connectivity index is 1.46. The lowest BCUT2D eigenvalue weighted by Gasteiger charge is -2.38. The molecule has 8 nitrogen and oxygen atoms in total. The predicted molar refractivity (Wildman–Crippen MR) is 120 cm³/mol. The maximum Gasteiger partial charge on any atom is 0.267 e. The second-order valence-corrected chi connectivity index (χ2v) is 9.89. The molecule has 0 bridgehead atoms. The molecule has 0 saturated carbocycles. The van der Waals surface area contributed by atoms with Crippen molar-refractivity contribution in [2.24, 2.45) is 0 Å². The van der Waals surface area contributed by atoms with Gasteiger partial charge in [-0.1, -0.05) is 17.7 Å². The molecule has 2 aliphatic rings. The first-order chi connectivity index (χ1) is 15.3. The third kappa shape index (κ3) is 4.17. The van der Waals surface area contributed by atoms with Gasteiger partial charge in [0, 0.05) is 38.3 Å². The van der Waals surface area contributed by atoms with Crippen molar-refractivity contribution in [2.45, 2.75) is 30.7 Å². The van der Waals surface area contributed by atoms with E-state index in [1.807, 2.05) is 31.2 Å². The maximum atomic E-state index is 13.2. The Morgan fingerprint density at radius 1 is 0.969 bits per heavy atom. The summed E-state index contributed by atoms with van der Waals surface area (Å²) < 4.78 is 32.3. The number of carbonyl (C=O) groups excluding carboxylic acids is 2. The lowest BCUT2D eigenvalue weighted by atomic mass is 10.1. The number of hydrogen-bond donors (Lipinski definition) is 0. The lowest BCUT2D eigenvalue weighted by molar-refractivity contribution is -0.138. The number of methoxy groups -OCH3 is 1. The fourth-order valence-electron chi connectivity index (χ4n) is 4.20. The molecule has 2 aliphatic heterocycles. The first-order valence-electron chi connectivity index (χ1n) is 10.6. The molecule has 170 valence electrons. The Kier molecular flexibility index (Phi) is 6.10. The van der Waals surface area contributed by atoms with Gasteiger partial charge in [0.15, 0.2) is 0 Å². The van der Waals surface area contributed by atoms with Crippen molar-refractivity contribution in [3.63, 3.8) is 0 Å². The van der Waals surface area contributed by atoms with Gasteiger partial charge in [-0.05, 0) is 49.7 Å². The Morgan fingerprint density at radius 3 is 2.19 bits per heavy atom. The van der Waals surface area contributed by atoms with Crippen LogP contribution >= 0.6 is 0 Å². The molecule has 32 heavy (non-hydrogen) atoms. The zero-order valence-corrected chi connectivity index (χ0v) is 19.0. The van der Waals surface area contributed by atoms with E-state index in [0.717, 1.165) is 21.3 Å². The van der Waals surface area contributed by atoms with Crippen molar-refractivity contribution in [2.75, 3.05) is 38.2 Å². The highest BCUT2D eigenvalue weighted by Gasteiger charge is 2.45. The van der Waals surface area contributed by atoms with Crippen LogP contribution in [0.15, 0.2) is 53.4 Å². The number of anilines is 1. The third-order valence-corrected chi connectivity index (χ3v) is 7.90. The highest BCUT2D eigenvalue weighted by molar-refractivity contribution is 7.89. The molecule has 2 saturated heterocycles. The van der Waals surface area contributed by atoms with Gasteiger partial charge in [-0.15, -0.1) is 0 Å². The second-order valence-electron chi connectivity index (χ2n) is 8.07. The van der Waals surface area contributed by atoms with Gasteiger partial charge in [0.1, 0.15) is 11.8 Å². The number of aryl methyl sites for hydroxylation is 1. The van der Waals surface area contributed by atoms with Crippen LogP contribution in [0.4, 0.5) is 5.69 Å². The van der Waals surface area contributed by atoms with E-state index in [9.17, 15) is 18.0 Å². The summed E-state index contributed by atoms with van der Waals surface area (Å²) in [6.07, 6.45) is 0.259. The summed E-state index contributed by atoms with van der Waals surface area (Å²) in [5, 5.41) is 0. The van der Waals surface area contributed by atoms with Gasteiger partial charge in [-0.3, -0.25) is 9.59 Å². The summed E-state index contributed by atoms with van der Waals surface area (Å²) in [7, 11) is -2.46. The van der Waals surface area contributed by atoms with Crippen molar-refractivity contribution in [1.29, 1.82) is 0 Å². The first-order valence-corrected chi connectivity index (χ1v) is 12.1. The Bertz CT molecular complexity index is 1090. The number of piperazine rings is 1. The smallest absolute Gasteiger partial charge is 0.267 e.